The molecule has 5 nitrogen and oxygen atoms in total. The summed E-state index contributed by atoms with van der Waals surface area (Å²) in [6, 6.07) is 0. The van der Waals surface area contributed by atoms with E-state index in [2.05, 4.69) is 27.2 Å². The van der Waals surface area contributed by atoms with E-state index in [1.54, 1.807) is 0 Å². The number of H-pyrrole nitrogens is 2. The molecule has 0 radical (unpaired) electrons. The van der Waals surface area contributed by atoms with E-state index in [0.29, 0.717) is 12.5 Å². The molecule has 15 heavy (non-hydrogen) atoms. The fraction of sp³-hybridized carbons (Fsp3) is 0.444. The van der Waals surface area contributed by atoms with Crippen LogP contribution in [-0.4, -0.2) is 27.8 Å². The van der Waals surface area contributed by atoms with Gasteiger partial charge in [0.2, 0.25) is 5.88 Å². The monoisotopic (exact) mass is 227 g/mol. The third-order valence-corrected chi connectivity index (χ3v) is 1.85. The number of hydrogen-bond acceptors (Lipinski definition) is 4. The quantitative estimate of drug-likeness (QED) is 0.536. The van der Waals surface area contributed by atoms with Crippen molar-refractivity contribution in [3.63, 3.8) is 0 Å². The van der Waals surface area contributed by atoms with Gasteiger partial charge in [0, 0.05) is 12.8 Å². The third kappa shape index (κ3) is 3.32. The van der Waals surface area contributed by atoms with Crippen LogP contribution in [0.25, 0.3) is 0 Å². The maximum Gasteiger partial charge on any atom is 0.264 e. The lowest BCUT2D eigenvalue weighted by molar-refractivity contribution is 0.449. The molecule has 0 saturated heterocycles. The van der Waals surface area contributed by atoms with E-state index in [-0.39, 0.29) is 16.2 Å². The van der Waals surface area contributed by atoms with Gasteiger partial charge in [-0.3, -0.25) is 14.8 Å². The van der Waals surface area contributed by atoms with E-state index in [4.69, 9.17) is 0 Å². The zero-order chi connectivity index (χ0) is 11.4. The first-order valence-corrected chi connectivity index (χ1v) is 4.97. The van der Waals surface area contributed by atoms with Crippen LogP contribution in [0.4, 0.5) is 0 Å². The van der Waals surface area contributed by atoms with Crippen LogP contribution >= 0.6 is 12.2 Å². The highest BCUT2D eigenvalue weighted by atomic mass is 32.1. The van der Waals surface area contributed by atoms with Crippen molar-refractivity contribution in [2.75, 3.05) is 6.54 Å². The van der Waals surface area contributed by atoms with Gasteiger partial charge in [0.15, 0.2) is 4.77 Å². The van der Waals surface area contributed by atoms with Gasteiger partial charge in [0.25, 0.3) is 5.56 Å². The van der Waals surface area contributed by atoms with Crippen molar-refractivity contribution in [3.8, 4) is 5.88 Å². The summed E-state index contributed by atoms with van der Waals surface area (Å²) >= 11 is 4.69. The smallest absolute Gasteiger partial charge is 0.264 e. The topological polar surface area (TPSA) is 81.2 Å². The van der Waals surface area contributed by atoms with Crippen molar-refractivity contribution in [2.45, 2.75) is 13.8 Å². The molecule has 1 heterocycles. The van der Waals surface area contributed by atoms with Gasteiger partial charge in [-0.1, -0.05) is 13.8 Å². The number of nitrogens with zero attached hydrogens (tertiary/aromatic N) is 1. The summed E-state index contributed by atoms with van der Waals surface area (Å²) in [5.74, 6) is 0.154. The summed E-state index contributed by atoms with van der Waals surface area (Å²) in [7, 11) is 0. The molecule has 0 fully saturated rings. The van der Waals surface area contributed by atoms with Crippen LogP contribution in [0.3, 0.4) is 0 Å². The van der Waals surface area contributed by atoms with Gasteiger partial charge in [0.1, 0.15) is 5.56 Å². The molecule has 82 valence electrons. The summed E-state index contributed by atoms with van der Waals surface area (Å²) in [5.41, 5.74) is -0.340. The summed E-state index contributed by atoms with van der Waals surface area (Å²) in [4.78, 5) is 20.2. The minimum absolute atomic E-state index is 0.0958. The van der Waals surface area contributed by atoms with Crippen LogP contribution in [0, 0.1) is 10.7 Å². The van der Waals surface area contributed by atoms with Gasteiger partial charge >= 0.3 is 0 Å². The normalized spacial score (nSPS) is 11.4. The maximum absolute atomic E-state index is 11.3. The second kappa shape index (κ2) is 4.88. The van der Waals surface area contributed by atoms with E-state index in [0.717, 1.165) is 0 Å². The molecule has 3 N–H and O–H groups in total. The Bertz CT molecular complexity index is 473. The minimum Gasteiger partial charge on any atom is -0.494 e. The van der Waals surface area contributed by atoms with Crippen LogP contribution in [0.2, 0.25) is 0 Å². The molecule has 1 aromatic rings. The first-order valence-electron chi connectivity index (χ1n) is 4.56. The zero-order valence-electron chi connectivity index (χ0n) is 8.57. The Labute approximate surface area is 91.9 Å². The summed E-state index contributed by atoms with van der Waals surface area (Å²) in [6.45, 7) is 4.63. The van der Waals surface area contributed by atoms with Gasteiger partial charge in [-0.25, -0.2) is 0 Å². The second-order valence-electron chi connectivity index (χ2n) is 3.56. The number of aliphatic imine (C=N–C) groups is 1. The van der Waals surface area contributed by atoms with Crippen molar-refractivity contribution in [1.29, 1.82) is 0 Å². The van der Waals surface area contributed by atoms with Crippen molar-refractivity contribution in [2.24, 2.45) is 10.9 Å². The number of aromatic hydroxyl groups is 1. The van der Waals surface area contributed by atoms with E-state index in [9.17, 15) is 9.90 Å². The van der Waals surface area contributed by atoms with Gasteiger partial charge in [-0.15, -0.1) is 0 Å². The standard InChI is InChI=1S/C9H13N3O2S/c1-5(2)3-10-4-6-7(13)11-9(15)12-8(6)14/h4-5H,3H2,1-2H3,(H3,11,12,13,14,15). The number of rotatable bonds is 3. The number of aromatic nitrogens is 2. The summed E-state index contributed by atoms with van der Waals surface area (Å²) < 4.78 is 0.0958. The molecule has 0 aromatic carbocycles. The largest absolute Gasteiger partial charge is 0.494 e. The average Bonchev–Trinajstić information content (AvgIpc) is 2.08. The molecule has 0 amide bonds. The lowest BCUT2D eigenvalue weighted by atomic mass is 10.2. The average molecular weight is 227 g/mol. The predicted octanol–water partition coefficient (Wildman–Crippen LogP) is 1.21. The molecule has 0 aliphatic rings. The highest BCUT2D eigenvalue weighted by Crippen LogP contribution is 2.04. The molecule has 0 bridgehead atoms. The van der Waals surface area contributed by atoms with Crippen molar-refractivity contribution >= 4 is 18.4 Å². The van der Waals surface area contributed by atoms with E-state index in [1.807, 2.05) is 13.8 Å². The lowest BCUT2D eigenvalue weighted by Gasteiger charge is -1.99. The molecule has 0 saturated carbocycles. The minimum atomic E-state index is -0.441. The van der Waals surface area contributed by atoms with E-state index < -0.39 is 5.56 Å². The second-order valence-corrected chi connectivity index (χ2v) is 3.97. The Balaban J connectivity index is 3.00. The Hall–Kier alpha value is -1.43. The maximum atomic E-state index is 11.3. The summed E-state index contributed by atoms with van der Waals surface area (Å²) in [5, 5.41) is 9.40. The first-order chi connectivity index (χ1) is 7.00. The van der Waals surface area contributed by atoms with E-state index >= 15 is 0 Å². The first kappa shape index (κ1) is 11.6. The van der Waals surface area contributed by atoms with Gasteiger partial charge in [-0.2, -0.15) is 0 Å². The highest BCUT2D eigenvalue weighted by Gasteiger charge is 2.03. The molecule has 0 atom stereocenters. The van der Waals surface area contributed by atoms with Crippen LogP contribution in [-0.2, 0) is 0 Å². The van der Waals surface area contributed by atoms with E-state index in [1.165, 1.54) is 6.21 Å². The highest BCUT2D eigenvalue weighted by molar-refractivity contribution is 7.71. The SMILES string of the molecule is CC(C)CN=Cc1c(O)[nH]c(=S)[nH]c1=O. The molecule has 1 aromatic heterocycles. The summed E-state index contributed by atoms with van der Waals surface area (Å²) in [6.07, 6.45) is 1.35. The van der Waals surface area contributed by atoms with Gasteiger partial charge < -0.3 is 10.1 Å². The Morgan fingerprint density at radius 1 is 1.53 bits per heavy atom. The zero-order valence-corrected chi connectivity index (χ0v) is 9.39. The Morgan fingerprint density at radius 2 is 2.20 bits per heavy atom. The number of aromatic amines is 2. The van der Waals surface area contributed by atoms with Crippen LogP contribution in [0.15, 0.2) is 9.79 Å². The van der Waals surface area contributed by atoms with Crippen molar-refractivity contribution in [1.82, 2.24) is 9.97 Å². The third-order valence-electron chi connectivity index (χ3n) is 1.65. The fourth-order valence-corrected chi connectivity index (χ4v) is 1.15. The Kier molecular flexibility index (Phi) is 3.79. The van der Waals surface area contributed by atoms with Gasteiger partial charge in [-0.05, 0) is 18.1 Å². The van der Waals surface area contributed by atoms with Crippen molar-refractivity contribution < 1.29 is 5.11 Å². The van der Waals surface area contributed by atoms with Crippen LogP contribution < -0.4 is 5.56 Å². The van der Waals surface area contributed by atoms with Crippen LogP contribution in [0.1, 0.15) is 19.4 Å². The van der Waals surface area contributed by atoms with Crippen LogP contribution in [0.5, 0.6) is 5.88 Å². The molecule has 0 aliphatic carbocycles. The molecular weight excluding hydrogens is 214 g/mol. The molecular formula is C9H13N3O2S. The molecule has 6 heteroatoms. The van der Waals surface area contributed by atoms with Crippen molar-refractivity contribution in [3.05, 3.63) is 20.7 Å². The molecule has 0 unspecified atom stereocenters. The predicted molar refractivity (Wildman–Crippen MR) is 61.2 cm³/mol. The Morgan fingerprint density at radius 3 is 2.73 bits per heavy atom. The fourth-order valence-electron chi connectivity index (χ4n) is 0.959. The molecule has 1 rings (SSSR count). The number of hydrogen-bond donors (Lipinski definition) is 3. The lowest BCUT2D eigenvalue weighted by Crippen LogP contribution is -2.13. The molecule has 0 spiro atoms. The molecule has 0 aliphatic heterocycles. The number of nitrogens with one attached hydrogen (secondary N) is 2. The van der Waals surface area contributed by atoms with Gasteiger partial charge in [0.05, 0.1) is 0 Å².